The summed E-state index contributed by atoms with van der Waals surface area (Å²) in [7, 11) is 0. The summed E-state index contributed by atoms with van der Waals surface area (Å²) in [5, 5.41) is 8.76. The molecule has 0 heterocycles. The molecule has 1 aliphatic carbocycles. The van der Waals surface area contributed by atoms with Crippen molar-refractivity contribution in [2.24, 2.45) is 5.41 Å². The summed E-state index contributed by atoms with van der Waals surface area (Å²) in [6.07, 6.45) is 7.59. The van der Waals surface area contributed by atoms with E-state index >= 15 is 0 Å². The van der Waals surface area contributed by atoms with E-state index in [4.69, 9.17) is 5.11 Å². The van der Waals surface area contributed by atoms with Gasteiger partial charge in [-0.25, -0.2) is 0 Å². The van der Waals surface area contributed by atoms with Gasteiger partial charge in [-0.15, -0.1) is 0 Å². The van der Waals surface area contributed by atoms with Gasteiger partial charge in [0, 0.05) is 6.42 Å². The number of hydrogen-bond donors (Lipinski definition) is 1. The molecule has 0 saturated heterocycles. The molecule has 0 saturated carbocycles. The van der Waals surface area contributed by atoms with Crippen LogP contribution in [0.25, 0.3) is 0 Å². The highest BCUT2D eigenvalue weighted by Crippen LogP contribution is 2.28. The molecule has 0 bridgehead atoms. The molecule has 17 heavy (non-hydrogen) atoms. The number of allylic oxidation sites excluding steroid dienone is 2. The zero-order valence-electron chi connectivity index (χ0n) is 10.8. The van der Waals surface area contributed by atoms with E-state index in [1.54, 1.807) is 0 Å². The van der Waals surface area contributed by atoms with Gasteiger partial charge < -0.3 is 5.11 Å². The van der Waals surface area contributed by atoms with Crippen molar-refractivity contribution in [1.29, 1.82) is 0 Å². The molecule has 0 unspecified atom stereocenters. The number of carbonyl (C=O) groups is 2. The van der Waals surface area contributed by atoms with E-state index in [1.807, 2.05) is 19.9 Å². The monoisotopic (exact) mass is 238 g/mol. The molecule has 0 aromatic heterocycles. The van der Waals surface area contributed by atoms with Crippen molar-refractivity contribution in [3.8, 4) is 0 Å². The third kappa shape index (κ3) is 5.16. The molecule has 96 valence electrons. The standard InChI is InChI=1S/C14H22O3/c1-14(2,10-13(16)17)9-4-3-6-11-7-5-8-12(11)15/h7H,3-6,8-10H2,1-2H3,(H,16,17). The maximum atomic E-state index is 11.4. The second kappa shape index (κ2) is 5.99. The lowest BCUT2D eigenvalue weighted by Crippen LogP contribution is -2.16. The highest BCUT2D eigenvalue weighted by Gasteiger charge is 2.21. The van der Waals surface area contributed by atoms with Crippen LogP contribution in [0.2, 0.25) is 0 Å². The topological polar surface area (TPSA) is 54.4 Å². The largest absolute Gasteiger partial charge is 0.481 e. The third-order valence-electron chi connectivity index (χ3n) is 3.30. The van der Waals surface area contributed by atoms with Crippen LogP contribution in [0.15, 0.2) is 11.6 Å². The Kier molecular flexibility index (Phi) is 4.91. The van der Waals surface area contributed by atoms with Gasteiger partial charge in [0.2, 0.25) is 0 Å². The van der Waals surface area contributed by atoms with Crippen LogP contribution in [-0.2, 0) is 9.59 Å². The van der Waals surface area contributed by atoms with Crippen molar-refractivity contribution >= 4 is 11.8 Å². The van der Waals surface area contributed by atoms with Gasteiger partial charge in [-0.05, 0) is 36.7 Å². The first-order chi connectivity index (χ1) is 7.91. The Labute approximate surface area is 103 Å². The maximum absolute atomic E-state index is 11.4. The predicted molar refractivity (Wildman–Crippen MR) is 66.8 cm³/mol. The van der Waals surface area contributed by atoms with E-state index in [0.29, 0.717) is 12.2 Å². The quantitative estimate of drug-likeness (QED) is 0.692. The molecular formula is C14H22O3. The Morgan fingerprint density at radius 2 is 2.12 bits per heavy atom. The van der Waals surface area contributed by atoms with Gasteiger partial charge in [-0.3, -0.25) is 9.59 Å². The molecular weight excluding hydrogens is 216 g/mol. The minimum Gasteiger partial charge on any atom is -0.481 e. The first kappa shape index (κ1) is 13.9. The van der Waals surface area contributed by atoms with Crippen molar-refractivity contribution < 1.29 is 14.7 Å². The lowest BCUT2D eigenvalue weighted by Gasteiger charge is -2.22. The minimum absolute atomic E-state index is 0.139. The fourth-order valence-corrected chi connectivity index (χ4v) is 2.31. The molecule has 0 aliphatic heterocycles. The Morgan fingerprint density at radius 3 is 2.65 bits per heavy atom. The molecule has 0 amide bonds. The fraction of sp³-hybridized carbons (Fsp3) is 0.714. The Hall–Kier alpha value is -1.12. The van der Waals surface area contributed by atoms with Crippen LogP contribution in [0.4, 0.5) is 0 Å². The molecule has 0 spiro atoms. The average Bonchev–Trinajstić information content (AvgIpc) is 2.57. The van der Waals surface area contributed by atoms with Gasteiger partial charge in [0.05, 0.1) is 6.42 Å². The van der Waals surface area contributed by atoms with E-state index in [2.05, 4.69) is 0 Å². The summed E-state index contributed by atoms with van der Waals surface area (Å²) >= 11 is 0. The zero-order chi connectivity index (χ0) is 12.9. The number of ketones is 1. The van der Waals surface area contributed by atoms with Crippen LogP contribution in [-0.4, -0.2) is 16.9 Å². The van der Waals surface area contributed by atoms with Gasteiger partial charge in [0.15, 0.2) is 5.78 Å². The maximum Gasteiger partial charge on any atom is 0.303 e. The summed E-state index contributed by atoms with van der Waals surface area (Å²) in [6.45, 7) is 3.97. The molecule has 0 aromatic rings. The van der Waals surface area contributed by atoms with Crippen molar-refractivity contribution in [3.05, 3.63) is 11.6 Å². The number of unbranched alkanes of at least 4 members (excludes halogenated alkanes) is 1. The second-order valence-electron chi connectivity index (χ2n) is 5.63. The SMILES string of the molecule is CC(C)(CCCCC1=CCCC1=O)CC(=O)O. The Balaban J connectivity index is 2.19. The number of Topliss-reactive ketones (excluding diaryl/α,β-unsaturated/α-hetero) is 1. The molecule has 3 heteroatoms. The summed E-state index contributed by atoms with van der Waals surface area (Å²) in [5.41, 5.74) is 0.848. The summed E-state index contributed by atoms with van der Waals surface area (Å²) in [5.74, 6) is -0.432. The first-order valence-corrected chi connectivity index (χ1v) is 6.35. The van der Waals surface area contributed by atoms with Crippen LogP contribution in [0.1, 0.15) is 58.8 Å². The lowest BCUT2D eigenvalue weighted by molar-refractivity contribution is -0.139. The van der Waals surface area contributed by atoms with Crippen LogP contribution in [0.3, 0.4) is 0 Å². The van der Waals surface area contributed by atoms with E-state index in [0.717, 1.165) is 37.7 Å². The molecule has 0 fully saturated rings. The van der Waals surface area contributed by atoms with Gasteiger partial charge in [-0.2, -0.15) is 0 Å². The summed E-state index contributed by atoms with van der Waals surface area (Å²) in [4.78, 5) is 22.0. The normalized spacial score (nSPS) is 16.1. The van der Waals surface area contributed by atoms with Gasteiger partial charge in [0.25, 0.3) is 0 Å². The number of carboxylic acid groups (broad SMARTS) is 1. The van der Waals surface area contributed by atoms with Crippen molar-refractivity contribution in [3.63, 3.8) is 0 Å². The number of carboxylic acids is 1. The van der Waals surface area contributed by atoms with Crippen LogP contribution < -0.4 is 0 Å². The van der Waals surface area contributed by atoms with Gasteiger partial charge >= 0.3 is 5.97 Å². The van der Waals surface area contributed by atoms with E-state index in [1.165, 1.54) is 0 Å². The van der Waals surface area contributed by atoms with Crippen LogP contribution in [0, 0.1) is 5.41 Å². The molecule has 0 aromatic carbocycles. The number of hydrogen-bond acceptors (Lipinski definition) is 2. The number of rotatable bonds is 7. The smallest absolute Gasteiger partial charge is 0.303 e. The summed E-state index contributed by atoms with van der Waals surface area (Å²) in [6, 6.07) is 0. The number of carbonyl (C=O) groups excluding carboxylic acids is 1. The average molecular weight is 238 g/mol. The van der Waals surface area contributed by atoms with E-state index < -0.39 is 5.97 Å². The third-order valence-corrected chi connectivity index (χ3v) is 3.30. The van der Waals surface area contributed by atoms with Crippen molar-refractivity contribution in [2.45, 2.75) is 58.8 Å². The number of aliphatic carboxylic acids is 1. The second-order valence-corrected chi connectivity index (χ2v) is 5.63. The van der Waals surface area contributed by atoms with Crippen LogP contribution in [0.5, 0.6) is 0 Å². The van der Waals surface area contributed by atoms with Crippen LogP contribution >= 0.6 is 0 Å². The fourth-order valence-electron chi connectivity index (χ4n) is 2.31. The minimum atomic E-state index is -0.733. The molecule has 1 N–H and O–H groups in total. The summed E-state index contributed by atoms with van der Waals surface area (Å²) < 4.78 is 0. The molecule has 3 nitrogen and oxygen atoms in total. The highest BCUT2D eigenvalue weighted by molar-refractivity contribution is 5.97. The lowest BCUT2D eigenvalue weighted by atomic mass is 9.83. The Morgan fingerprint density at radius 1 is 1.41 bits per heavy atom. The molecule has 0 atom stereocenters. The highest BCUT2D eigenvalue weighted by atomic mass is 16.4. The first-order valence-electron chi connectivity index (χ1n) is 6.35. The Bertz CT molecular complexity index is 326. The van der Waals surface area contributed by atoms with Gasteiger partial charge in [0.1, 0.15) is 0 Å². The van der Waals surface area contributed by atoms with Crippen molar-refractivity contribution in [2.75, 3.05) is 0 Å². The van der Waals surface area contributed by atoms with E-state index in [-0.39, 0.29) is 11.8 Å². The predicted octanol–water partition coefficient (Wildman–Crippen LogP) is 3.34. The van der Waals surface area contributed by atoms with Crippen molar-refractivity contribution in [1.82, 2.24) is 0 Å². The van der Waals surface area contributed by atoms with E-state index in [9.17, 15) is 9.59 Å². The zero-order valence-corrected chi connectivity index (χ0v) is 10.8. The molecule has 1 rings (SSSR count). The van der Waals surface area contributed by atoms with Gasteiger partial charge in [-0.1, -0.05) is 26.3 Å². The molecule has 1 aliphatic rings. The molecule has 0 radical (unpaired) electrons.